The highest BCUT2D eigenvalue weighted by Gasteiger charge is 2.21. The summed E-state index contributed by atoms with van der Waals surface area (Å²) >= 11 is 0. The molecule has 0 aliphatic heterocycles. The quantitative estimate of drug-likeness (QED) is 0.748. The van der Waals surface area contributed by atoms with Gasteiger partial charge in [0.2, 0.25) is 0 Å². The Kier molecular flexibility index (Phi) is 2.40. The van der Waals surface area contributed by atoms with Crippen LogP contribution < -0.4 is 0 Å². The van der Waals surface area contributed by atoms with E-state index in [0.29, 0.717) is 0 Å². The second kappa shape index (κ2) is 3.20. The molecule has 1 aromatic heterocycles. The molecule has 1 aromatic rings. The van der Waals surface area contributed by atoms with Crippen molar-refractivity contribution >= 4 is 5.97 Å². The molecule has 0 fully saturated rings. The van der Waals surface area contributed by atoms with Crippen LogP contribution in [0.15, 0.2) is 0 Å². The number of hydrogen-bond acceptors (Lipinski definition) is 2. The minimum atomic E-state index is -0.806. The van der Waals surface area contributed by atoms with Crippen molar-refractivity contribution in [1.29, 1.82) is 0 Å². The van der Waals surface area contributed by atoms with Gasteiger partial charge < -0.3 is 5.11 Å². The minimum Gasteiger partial charge on any atom is -0.481 e. The van der Waals surface area contributed by atoms with Crippen molar-refractivity contribution in [2.24, 2.45) is 7.05 Å². The van der Waals surface area contributed by atoms with E-state index in [1.54, 1.807) is 11.6 Å². The monoisotopic (exact) mass is 182 g/mol. The van der Waals surface area contributed by atoms with Gasteiger partial charge in [0.05, 0.1) is 11.6 Å². The van der Waals surface area contributed by atoms with Crippen LogP contribution in [0.25, 0.3) is 0 Å². The SMILES string of the molecule is Cc1nn(C)c(C)c1[C@@H](C)C(=O)O. The Bertz CT molecular complexity index is 342. The van der Waals surface area contributed by atoms with E-state index in [9.17, 15) is 4.79 Å². The number of carboxylic acid groups (broad SMARTS) is 1. The van der Waals surface area contributed by atoms with E-state index < -0.39 is 11.9 Å². The van der Waals surface area contributed by atoms with Crippen molar-refractivity contribution in [3.8, 4) is 0 Å². The lowest BCUT2D eigenvalue weighted by molar-refractivity contribution is -0.138. The van der Waals surface area contributed by atoms with Gasteiger partial charge in [-0.2, -0.15) is 5.10 Å². The number of carboxylic acids is 1. The molecule has 0 bridgehead atoms. The van der Waals surface area contributed by atoms with Crippen molar-refractivity contribution in [2.75, 3.05) is 0 Å². The Labute approximate surface area is 77.2 Å². The molecule has 4 heteroatoms. The van der Waals surface area contributed by atoms with E-state index in [2.05, 4.69) is 5.10 Å². The number of rotatable bonds is 2. The number of aryl methyl sites for hydroxylation is 2. The highest BCUT2D eigenvalue weighted by Crippen LogP contribution is 2.22. The summed E-state index contributed by atoms with van der Waals surface area (Å²) in [5.41, 5.74) is 2.55. The van der Waals surface area contributed by atoms with Gasteiger partial charge >= 0.3 is 5.97 Å². The molecule has 4 nitrogen and oxygen atoms in total. The van der Waals surface area contributed by atoms with Gasteiger partial charge in [0.15, 0.2) is 0 Å². The maximum Gasteiger partial charge on any atom is 0.310 e. The lowest BCUT2D eigenvalue weighted by atomic mass is 10.00. The van der Waals surface area contributed by atoms with E-state index in [4.69, 9.17) is 5.11 Å². The van der Waals surface area contributed by atoms with Crippen LogP contribution in [0.3, 0.4) is 0 Å². The van der Waals surface area contributed by atoms with Crippen LogP contribution in [-0.4, -0.2) is 20.9 Å². The number of nitrogens with zero attached hydrogens (tertiary/aromatic N) is 2. The smallest absolute Gasteiger partial charge is 0.310 e. The molecule has 1 atom stereocenters. The lowest BCUT2D eigenvalue weighted by Gasteiger charge is -2.06. The molecular formula is C9H14N2O2. The zero-order valence-electron chi connectivity index (χ0n) is 8.33. The van der Waals surface area contributed by atoms with Crippen LogP contribution in [0.2, 0.25) is 0 Å². The second-order valence-electron chi connectivity index (χ2n) is 3.27. The summed E-state index contributed by atoms with van der Waals surface area (Å²) < 4.78 is 1.71. The molecule has 0 unspecified atom stereocenters. The van der Waals surface area contributed by atoms with Crippen molar-refractivity contribution in [3.63, 3.8) is 0 Å². The Morgan fingerprint density at radius 2 is 2.08 bits per heavy atom. The van der Waals surface area contributed by atoms with Crippen LogP contribution in [-0.2, 0) is 11.8 Å². The Hall–Kier alpha value is -1.32. The zero-order chi connectivity index (χ0) is 10.2. The summed E-state index contributed by atoms with van der Waals surface area (Å²) in [6.07, 6.45) is 0. The summed E-state index contributed by atoms with van der Waals surface area (Å²) in [5.74, 6) is -1.28. The largest absolute Gasteiger partial charge is 0.481 e. The first-order chi connectivity index (χ1) is 5.95. The molecule has 0 aliphatic rings. The van der Waals surface area contributed by atoms with E-state index >= 15 is 0 Å². The Balaban J connectivity index is 3.20. The van der Waals surface area contributed by atoms with E-state index in [1.165, 1.54) is 0 Å². The topological polar surface area (TPSA) is 55.1 Å². The predicted octanol–water partition coefficient (Wildman–Crippen LogP) is 1.23. The third kappa shape index (κ3) is 1.56. The molecule has 0 radical (unpaired) electrons. The normalized spacial score (nSPS) is 12.9. The third-order valence-electron chi connectivity index (χ3n) is 2.37. The molecule has 72 valence electrons. The fourth-order valence-electron chi connectivity index (χ4n) is 1.54. The van der Waals surface area contributed by atoms with Crippen molar-refractivity contribution < 1.29 is 9.90 Å². The van der Waals surface area contributed by atoms with Crippen molar-refractivity contribution in [2.45, 2.75) is 26.7 Å². The number of aromatic nitrogens is 2. The molecule has 1 rings (SSSR count). The fraction of sp³-hybridized carbons (Fsp3) is 0.556. The minimum absolute atomic E-state index is 0.478. The third-order valence-corrected chi connectivity index (χ3v) is 2.37. The van der Waals surface area contributed by atoms with Crippen LogP contribution in [0, 0.1) is 13.8 Å². The first kappa shape index (κ1) is 9.77. The molecule has 1 N–H and O–H groups in total. The number of hydrogen-bond donors (Lipinski definition) is 1. The zero-order valence-corrected chi connectivity index (χ0v) is 8.33. The molecule has 0 amide bonds. The molecule has 13 heavy (non-hydrogen) atoms. The molecular weight excluding hydrogens is 168 g/mol. The van der Waals surface area contributed by atoms with Gasteiger partial charge in [0.1, 0.15) is 0 Å². The van der Waals surface area contributed by atoms with Crippen LogP contribution >= 0.6 is 0 Å². The number of carbonyl (C=O) groups is 1. The fourth-order valence-corrected chi connectivity index (χ4v) is 1.54. The first-order valence-electron chi connectivity index (χ1n) is 4.18. The van der Waals surface area contributed by atoms with Crippen molar-refractivity contribution in [1.82, 2.24) is 9.78 Å². The van der Waals surface area contributed by atoms with Gasteiger partial charge in [0, 0.05) is 18.3 Å². The maximum atomic E-state index is 10.8. The van der Waals surface area contributed by atoms with Crippen molar-refractivity contribution in [3.05, 3.63) is 17.0 Å². The average molecular weight is 182 g/mol. The summed E-state index contributed by atoms with van der Waals surface area (Å²) in [7, 11) is 1.82. The molecule has 0 aliphatic carbocycles. The van der Waals surface area contributed by atoms with E-state index in [1.807, 2.05) is 20.9 Å². The average Bonchev–Trinajstić information content (AvgIpc) is 2.26. The van der Waals surface area contributed by atoms with Gasteiger partial charge in [-0.15, -0.1) is 0 Å². The molecule has 0 saturated carbocycles. The van der Waals surface area contributed by atoms with Crippen LogP contribution in [0.5, 0.6) is 0 Å². The van der Waals surface area contributed by atoms with E-state index in [-0.39, 0.29) is 0 Å². The molecule has 0 saturated heterocycles. The summed E-state index contributed by atoms with van der Waals surface area (Å²) in [5, 5.41) is 13.0. The molecule has 0 aromatic carbocycles. The summed E-state index contributed by atoms with van der Waals surface area (Å²) in [4.78, 5) is 10.8. The predicted molar refractivity (Wildman–Crippen MR) is 48.7 cm³/mol. The molecule has 1 heterocycles. The standard InChI is InChI=1S/C9H14N2O2/c1-5(9(12)13)8-6(2)10-11(4)7(8)3/h5H,1-4H3,(H,12,13)/t5-/m1/s1. The Morgan fingerprint density at radius 3 is 2.38 bits per heavy atom. The van der Waals surface area contributed by atoms with Gasteiger partial charge in [-0.1, -0.05) is 0 Å². The van der Waals surface area contributed by atoms with Crippen LogP contribution in [0.4, 0.5) is 0 Å². The first-order valence-corrected chi connectivity index (χ1v) is 4.18. The van der Waals surface area contributed by atoms with Gasteiger partial charge in [-0.25, -0.2) is 0 Å². The lowest BCUT2D eigenvalue weighted by Crippen LogP contribution is -2.09. The number of aliphatic carboxylic acids is 1. The van der Waals surface area contributed by atoms with Gasteiger partial charge in [-0.05, 0) is 20.8 Å². The summed E-state index contributed by atoms with van der Waals surface area (Å²) in [6.45, 7) is 5.40. The van der Waals surface area contributed by atoms with Gasteiger partial charge in [-0.3, -0.25) is 9.48 Å². The van der Waals surface area contributed by atoms with E-state index in [0.717, 1.165) is 17.0 Å². The van der Waals surface area contributed by atoms with Gasteiger partial charge in [0.25, 0.3) is 0 Å². The van der Waals surface area contributed by atoms with Crippen LogP contribution in [0.1, 0.15) is 29.8 Å². The summed E-state index contributed by atoms with van der Waals surface area (Å²) in [6, 6.07) is 0. The molecule has 0 spiro atoms. The highest BCUT2D eigenvalue weighted by molar-refractivity contribution is 5.76. The second-order valence-corrected chi connectivity index (χ2v) is 3.27. The Morgan fingerprint density at radius 1 is 1.54 bits per heavy atom. The maximum absolute atomic E-state index is 10.8. The highest BCUT2D eigenvalue weighted by atomic mass is 16.4.